The highest BCUT2D eigenvalue weighted by Crippen LogP contribution is 2.29. The van der Waals surface area contributed by atoms with E-state index in [4.69, 9.17) is 0 Å². The molecule has 1 aliphatic rings. The summed E-state index contributed by atoms with van der Waals surface area (Å²) in [6.07, 6.45) is 2.45. The van der Waals surface area contributed by atoms with Crippen molar-refractivity contribution < 1.29 is 4.39 Å². The van der Waals surface area contributed by atoms with Gasteiger partial charge in [-0.1, -0.05) is 26.3 Å². The van der Waals surface area contributed by atoms with Crippen molar-refractivity contribution in [3.05, 3.63) is 29.6 Å². The van der Waals surface area contributed by atoms with Crippen molar-refractivity contribution in [2.45, 2.75) is 33.2 Å². The lowest BCUT2D eigenvalue weighted by Gasteiger charge is -2.22. The van der Waals surface area contributed by atoms with E-state index in [0.717, 1.165) is 36.8 Å². The van der Waals surface area contributed by atoms with Gasteiger partial charge in [-0.3, -0.25) is 0 Å². The zero-order valence-electron chi connectivity index (χ0n) is 11.4. The molecule has 1 aromatic carbocycles. The van der Waals surface area contributed by atoms with E-state index in [2.05, 4.69) is 17.1 Å². The smallest absolute Gasteiger partial charge is 0.129 e. The number of halogens is 1. The maximum atomic E-state index is 13.9. The Morgan fingerprint density at radius 3 is 2.89 bits per heavy atom. The molecule has 0 amide bonds. The Hall–Kier alpha value is -1.09. The third-order valence-corrected chi connectivity index (χ3v) is 3.85. The first-order valence-electron chi connectivity index (χ1n) is 6.99. The SMILES string of the molecule is CCNCc1c(F)cccc1N1CCC(CC)C1. The van der Waals surface area contributed by atoms with E-state index in [0.29, 0.717) is 6.54 Å². The molecule has 2 nitrogen and oxygen atoms in total. The molecule has 1 unspecified atom stereocenters. The van der Waals surface area contributed by atoms with E-state index in [-0.39, 0.29) is 5.82 Å². The van der Waals surface area contributed by atoms with Gasteiger partial charge in [0.2, 0.25) is 0 Å². The van der Waals surface area contributed by atoms with Crippen LogP contribution in [0.2, 0.25) is 0 Å². The van der Waals surface area contributed by atoms with Gasteiger partial charge in [-0.05, 0) is 31.0 Å². The fraction of sp³-hybridized carbons (Fsp3) is 0.600. The minimum Gasteiger partial charge on any atom is -0.371 e. The van der Waals surface area contributed by atoms with Crippen molar-refractivity contribution in [2.75, 3.05) is 24.5 Å². The fourth-order valence-corrected chi connectivity index (χ4v) is 2.65. The number of rotatable bonds is 5. The largest absolute Gasteiger partial charge is 0.371 e. The highest BCUT2D eigenvalue weighted by atomic mass is 19.1. The van der Waals surface area contributed by atoms with Crippen LogP contribution in [0.4, 0.5) is 10.1 Å². The minimum atomic E-state index is -0.0894. The maximum Gasteiger partial charge on any atom is 0.129 e. The molecule has 0 aliphatic carbocycles. The van der Waals surface area contributed by atoms with E-state index in [1.807, 2.05) is 19.1 Å². The Morgan fingerprint density at radius 1 is 1.39 bits per heavy atom. The number of anilines is 1. The molecule has 0 bridgehead atoms. The Kier molecular flexibility index (Phi) is 4.59. The average molecular weight is 250 g/mol. The van der Waals surface area contributed by atoms with Crippen LogP contribution in [0.5, 0.6) is 0 Å². The molecule has 1 N–H and O–H groups in total. The topological polar surface area (TPSA) is 15.3 Å². The quantitative estimate of drug-likeness (QED) is 0.863. The predicted molar refractivity (Wildman–Crippen MR) is 74.4 cm³/mol. The number of hydrogen-bond donors (Lipinski definition) is 1. The molecule has 1 atom stereocenters. The van der Waals surface area contributed by atoms with E-state index in [1.165, 1.54) is 12.8 Å². The number of hydrogen-bond acceptors (Lipinski definition) is 2. The summed E-state index contributed by atoms with van der Waals surface area (Å²) in [7, 11) is 0. The molecular formula is C15H23FN2. The molecule has 0 saturated carbocycles. The summed E-state index contributed by atoms with van der Waals surface area (Å²) in [5, 5.41) is 3.23. The average Bonchev–Trinajstić information content (AvgIpc) is 2.85. The Balaban J connectivity index is 2.19. The highest BCUT2D eigenvalue weighted by Gasteiger charge is 2.23. The van der Waals surface area contributed by atoms with Crippen molar-refractivity contribution >= 4 is 5.69 Å². The molecule has 1 fully saturated rings. The third-order valence-electron chi connectivity index (χ3n) is 3.85. The summed E-state index contributed by atoms with van der Waals surface area (Å²) in [6, 6.07) is 5.43. The minimum absolute atomic E-state index is 0.0894. The summed E-state index contributed by atoms with van der Waals surface area (Å²) >= 11 is 0. The second-order valence-electron chi connectivity index (χ2n) is 5.03. The van der Waals surface area contributed by atoms with Gasteiger partial charge in [0.1, 0.15) is 5.82 Å². The standard InChI is InChI=1S/C15H23FN2/c1-3-12-8-9-18(11-12)15-7-5-6-14(16)13(15)10-17-4-2/h5-7,12,17H,3-4,8-11H2,1-2H3. The molecular weight excluding hydrogens is 227 g/mol. The lowest BCUT2D eigenvalue weighted by Crippen LogP contribution is -2.23. The van der Waals surface area contributed by atoms with Crippen LogP contribution in [-0.4, -0.2) is 19.6 Å². The number of benzene rings is 1. The van der Waals surface area contributed by atoms with Crippen LogP contribution in [0, 0.1) is 11.7 Å². The van der Waals surface area contributed by atoms with Crippen LogP contribution < -0.4 is 10.2 Å². The van der Waals surface area contributed by atoms with Gasteiger partial charge in [-0.25, -0.2) is 4.39 Å². The molecule has 2 rings (SSSR count). The van der Waals surface area contributed by atoms with Crippen molar-refractivity contribution in [1.82, 2.24) is 5.32 Å². The van der Waals surface area contributed by atoms with Crippen LogP contribution in [0.15, 0.2) is 18.2 Å². The van der Waals surface area contributed by atoms with Crippen LogP contribution in [0.1, 0.15) is 32.3 Å². The molecule has 1 aromatic rings. The van der Waals surface area contributed by atoms with E-state index in [1.54, 1.807) is 6.07 Å². The van der Waals surface area contributed by atoms with Gasteiger partial charge in [0.25, 0.3) is 0 Å². The van der Waals surface area contributed by atoms with Crippen molar-refractivity contribution in [2.24, 2.45) is 5.92 Å². The summed E-state index contributed by atoms with van der Waals surface area (Å²) in [4.78, 5) is 2.34. The maximum absolute atomic E-state index is 13.9. The first-order chi connectivity index (χ1) is 8.76. The summed E-state index contributed by atoms with van der Waals surface area (Å²) in [5.74, 6) is 0.675. The van der Waals surface area contributed by atoms with Crippen LogP contribution in [-0.2, 0) is 6.54 Å². The molecule has 0 spiro atoms. The number of nitrogens with zero attached hydrogens (tertiary/aromatic N) is 1. The van der Waals surface area contributed by atoms with Gasteiger partial charge in [0, 0.05) is 30.9 Å². The molecule has 0 aromatic heterocycles. The molecule has 18 heavy (non-hydrogen) atoms. The highest BCUT2D eigenvalue weighted by molar-refractivity contribution is 5.55. The molecule has 1 aliphatic heterocycles. The van der Waals surface area contributed by atoms with Gasteiger partial charge in [0.05, 0.1) is 0 Å². The van der Waals surface area contributed by atoms with Crippen molar-refractivity contribution in [1.29, 1.82) is 0 Å². The van der Waals surface area contributed by atoms with Gasteiger partial charge in [0.15, 0.2) is 0 Å². The van der Waals surface area contributed by atoms with Gasteiger partial charge >= 0.3 is 0 Å². The molecule has 100 valence electrons. The molecule has 1 heterocycles. The third kappa shape index (κ3) is 2.83. The summed E-state index contributed by atoms with van der Waals surface area (Å²) in [6.45, 7) is 7.89. The van der Waals surface area contributed by atoms with Crippen LogP contribution in [0.3, 0.4) is 0 Å². The zero-order valence-corrected chi connectivity index (χ0v) is 11.4. The van der Waals surface area contributed by atoms with E-state index in [9.17, 15) is 4.39 Å². The lowest BCUT2D eigenvalue weighted by atomic mass is 10.1. The van der Waals surface area contributed by atoms with E-state index < -0.39 is 0 Å². The predicted octanol–water partition coefficient (Wildman–Crippen LogP) is 3.17. The Labute approximate surface area is 109 Å². The van der Waals surface area contributed by atoms with Crippen molar-refractivity contribution in [3.8, 4) is 0 Å². The van der Waals surface area contributed by atoms with Gasteiger partial charge in [-0.2, -0.15) is 0 Å². The Morgan fingerprint density at radius 2 is 2.22 bits per heavy atom. The van der Waals surface area contributed by atoms with Crippen LogP contribution >= 0.6 is 0 Å². The second-order valence-corrected chi connectivity index (χ2v) is 5.03. The number of nitrogens with one attached hydrogen (secondary N) is 1. The van der Waals surface area contributed by atoms with Gasteiger partial charge in [-0.15, -0.1) is 0 Å². The van der Waals surface area contributed by atoms with Crippen molar-refractivity contribution in [3.63, 3.8) is 0 Å². The first kappa shape index (κ1) is 13.3. The summed E-state index contributed by atoms with van der Waals surface area (Å²) in [5.41, 5.74) is 1.89. The van der Waals surface area contributed by atoms with Gasteiger partial charge < -0.3 is 10.2 Å². The fourth-order valence-electron chi connectivity index (χ4n) is 2.65. The molecule has 0 radical (unpaired) electrons. The monoisotopic (exact) mass is 250 g/mol. The lowest BCUT2D eigenvalue weighted by molar-refractivity contribution is 0.567. The van der Waals surface area contributed by atoms with Crippen LogP contribution in [0.25, 0.3) is 0 Å². The first-order valence-corrected chi connectivity index (χ1v) is 6.99. The molecule has 1 saturated heterocycles. The normalized spacial score (nSPS) is 19.5. The second kappa shape index (κ2) is 6.19. The Bertz CT molecular complexity index is 392. The molecule has 3 heteroatoms. The van der Waals surface area contributed by atoms with E-state index >= 15 is 0 Å². The summed E-state index contributed by atoms with van der Waals surface area (Å²) < 4.78 is 13.9. The zero-order chi connectivity index (χ0) is 13.0.